The molecule has 0 aromatic heterocycles. The van der Waals surface area contributed by atoms with Crippen molar-refractivity contribution in [3.8, 4) is 5.75 Å². The van der Waals surface area contributed by atoms with Crippen LogP contribution in [0.15, 0.2) is 84.9 Å². The van der Waals surface area contributed by atoms with E-state index in [4.69, 9.17) is 4.74 Å². The minimum absolute atomic E-state index is 0.0837. The second-order valence-corrected chi connectivity index (χ2v) is 15.7. The molecule has 0 heterocycles. The van der Waals surface area contributed by atoms with Gasteiger partial charge in [-0.3, -0.25) is 0 Å². The van der Waals surface area contributed by atoms with Gasteiger partial charge in [-0.1, -0.05) is 156 Å². The minimum atomic E-state index is -0.668. The van der Waals surface area contributed by atoms with E-state index in [0.29, 0.717) is 11.3 Å². The molecule has 0 N–H and O–H groups in total. The van der Waals surface area contributed by atoms with Crippen LogP contribution in [0, 0.1) is 16.7 Å². The zero-order valence-electron chi connectivity index (χ0n) is 26.6. The van der Waals surface area contributed by atoms with Crippen LogP contribution < -0.4 is 9.92 Å². The Balaban J connectivity index is 1.81. The number of unbranched alkanes of at least 4 members (excludes halogenated alkanes) is 3. The molecular weight excluding hydrogens is 501 g/mol. The van der Waals surface area contributed by atoms with Crippen molar-refractivity contribution in [2.75, 3.05) is 0 Å². The smallest absolute Gasteiger partial charge is 0.120 e. The normalized spacial score (nSPS) is 15.2. The van der Waals surface area contributed by atoms with Crippen molar-refractivity contribution < 1.29 is 4.74 Å². The van der Waals surface area contributed by atoms with Gasteiger partial charge >= 0.3 is 0 Å². The maximum absolute atomic E-state index is 6.90. The van der Waals surface area contributed by atoms with E-state index in [9.17, 15) is 0 Å². The molecule has 2 unspecified atom stereocenters. The molecule has 0 amide bonds. The van der Waals surface area contributed by atoms with Crippen LogP contribution in [0.4, 0.5) is 0 Å². The lowest BCUT2D eigenvalue weighted by Crippen LogP contribution is -2.50. The van der Waals surface area contributed by atoms with Crippen molar-refractivity contribution in [1.82, 2.24) is 0 Å². The number of benzene rings is 3. The third kappa shape index (κ3) is 9.23. The van der Waals surface area contributed by atoms with Gasteiger partial charge in [0.05, 0.1) is 9.52 Å². The van der Waals surface area contributed by atoms with Crippen molar-refractivity contribution in [1.29, 1.82) is 0 Å². The first kappa shape index (κ1) is 31.9. The van der Waals surface area contributed by atoms with E-state index in [-0.39, 0.29) is 11.0 Å². The molecule has 0 fully saturated rings. The largest absolute Gasteiger partial charge is 0.487 e. The lowest BCUT2D eigenvalue weighted by Gasteiger charge is -2.49. The van der Waals surface area contributed by atoms with Crippen LogP contribution in [0.5, 0.6) is 5.75 Å². The molecule has 3 aromatic carbocycles. The molecule has 3 rings (SSSR count). The Morgan fingerprint density at radius 2 is 1.38 bits per heavy atom. The van der Waals surface area contributed by atoms with Crippen LogP contribution >= 0.6 is 0 Å². The summed E-state index contributed by atoms with van der Waals surface area (Å²) in [7, 11) is -0.668. The van der Waals surface area contributed by atoms with E-state index < -0.39 is 9.52 Å². The van der Waals surface area contributed by atoms with Gasteiger partial charge in [-0.15, -0.1) is 0 Å². The molecule has 2 heteroatoms. The monoisotopic (exact) mass is 554 g/mol. The van der Waals surface area contributed by atoms with Gasteiger partial charge < -0.3 is 4.74 Å². The highest BCUT2D eigenvalue weighted by molar-refractivity contribution is 6.74. The summed E-state index contributed by atoms with van der Waals surface area (Å²) >= 11 is 0. The molecule has 0 aliphatic carbocycles. The van der Waals surface area contributed by atoms with Crippen molar-refractivity contribution >= 4 is 26.0 Å². The topological polar surface area (TPSA) is 9.23 Å². The predicted molar refractivity (Wildman–Crippen MR) is 180 cm³/mol. The highest BCUT2D eigenvalue weighted by atomic mass is 28.2. The predicted octanol–water partition coefficient (Wildman–Crippen LogP) is 9.89. The molecule has 0 saturated heterocycles. The zero-order valence-corrected chi connectivity index (χ0v) is 28.0. The average Bonchev–Trinajstić information content (AvgIpc) is 2.91. The molecule has 216 valence electrons. The Labute approximate surface area is 248 Å². The molecule has 0 radical (unpaired) electrons. The van der Waals surface area contributed by atoms with E-state index in [2.05, 4.69) is 146 Å². The maximum atomic E-state index is 6.90. The van der Waals surface area contributed by atoms with Crippen LogP contribution in [-0.4, -0.2) is 15.1 Å². The molecule has 0 spiro atoms. The molecule has 3 aromatic rings. The van der Waals surface area contributed by atoms with Crippen LogP contribution in [0.3, 0.4) is 0 Å². The number of hydrogen-bond donors (Lipinski definition) is 0. The summed E-state index contributed by atoms with van der Waals surface area (Å²) in [5.74, 6) is 1.55. The van der Waals surface area contributed by atoms with Crippen LogP contribution in [-0.2, 0) is 0 Å². The van der Waals surface area contributed by atoms with Crippen molar-refractivity contribution in [2.24, 2.45) is 16.7 Å². The molecule has 1 nitrogen and oxygen atoms in total. The second-order valence-electron chi connectivity index (χ2n) is 13.8. The third-order valence-corrected chi connectivity index (χ3v) is 10.8. The fraction of sp³-hybridized carbons (Fsp3) is 0.474. The first-order valence-corrected chi connectivity index (χ1v) is 16.9. The van der Waals surface area contributed by atoms with Crippen LogP contribution in [0.25, 0.3) is 11.3 Å². The minimum Gasteiger partial charge on any atom is -0.487 e. The summed E-state index contributed by atoms with van der Waals surface area (Å²) in [4.78, 5) is 0. The SMILES string of the molecule is CCCCCCC(C)(C(C)CC(C)(C)C)C(C)(C)Oc1ccc([SiH2]C(=Cc2ccccc2)c2ccccc2)cc1. The Bertz CT molecular complexity index is 1170. The fourth-order valence-corrected chi connectivity index (χ4v) is 7.84. The van der Waals surface area contributed by atoms with Crippen LogP contribution in [0.1, 0.15) is 105 Å². The standard InChI is InChI=1S/C38H54OSi/c1-9-10-11-18-27-38(8,30(2)29-36(3,4)5)37(6,7)39-33-23-25-34(26-24-33)40-35(32-21-16-13-17-22-32)28-31-19-14-12-15-20-31/h12-17,19-26,28,30H,9-11,18,27,29,40H2,1-8H3. The van der Waals surface area contributed by atoms with Crippen LogP contribution in [0.2, 0.25) is 0 Å². The van der Waals surface area contributed by atoms with E-state index in [0.717, 1.165) is 5.75 Å². The first-order valence-electron chi connectivity index (χ1n) is 15.5. The quantitative estimate of drug-likeness (QED) is 0.109. The van der Waals surface area contributed by atoms with Crippen molar-refractivity contribution in [3.63, 3.8) is 0 Å². The molecule has 0 bridgehead atoms. The third-order valence-electron chi connectivity index (χ3n) is 8.91. The van der Waals surface area contributed by atoms with E-state index in [1.807, 2.05) is 0 Å². The van der Waals surface area contributed by atoms with E-state index in [1.165, 1.54) is 60.0 Å². The highest BCUT2D eigenvalue weighted by Gasteiger charge is 2.47. The van der Waals surface area contributed by atoms with Gasteiger partial charge in [0.25, 0.3) is 0 Å². The van der Waals surface area contributed by atoms with Gasteiger partial charge in [-0.25, -0.2) is 0 Å². The van der Waals surface area contributed by atoms with Gasteiger partial charge in [0.2, 0.25) is 0 Å². The summed E-state index contributed by atoms with van der Waals surface area (Å²) in [6.07, 6.45) is 9.94. The van der Waals surface area contributed by atoms with Crippen molar-refractivity contribution in [3.05, 3.63) is 96.1 Å². The molecule has 0 aliphatic heterocycles. The molecule has 0 saturated carbocycles. The molecule has 2 atom stereocenters. The Morgan fingerprint density at radius 1 is 0.775 bits per heavy atom. The Hall–Kier alpha value is -2.58. The first-order chi connectivity index (χ1) is 18.9. The molecule has 40 heavy (non-hydrogen) atoms. The summed E-state index contributed by atoms with van der Waals surface area (Å²) in [5, 5.41) is 2.89. The Kier molecular flexibility index (Phi) is 11.5. The number of rotatable bonds is 14. The van der Waals surface area contributed by atoms with Gasteiger partial charge in [0.1, 0.15) is 11.4 Å². The number of ether oxygens (including phenoxy) is 1. The van der Waals surface area contributed by atoms with Gasteiger partial charge in [0.15, 0.2) is 0 Å². The maximum Gasteiger partial charge on any atom is 0.120 e. The van der Waals surface area contributed by atoms with E-state index >= 15 is 0 Å². The number of hydrogen-bond acceptors (Lipinski definition) is 1. The summed E-state index contributed by atoms with van der Waals surface area (Å²) in [6.45, 7) is 19.0. The van der Waals surface area contributed by atoms with Gasteiger partial charge in [-0.2, -0.15) is 0 Å². The Morgan fingerprint density at radius 3 is 1.95 bits per heavy atom. The van der Waals surface area contributed by atoms with Gasteiger partial charge in [0, 0.05) is 5.41 Å². The zero-order chi connectivity index (χ0) is 29.2. The summed E-state index contributed by atoms with van der Waals surface area (Å²) in [6, 6.07) is 30.6. The van der Waals surface area contributed by atoms with E-state index in [1.54, 1.807) is 0 Å². The average molecular weight is 555 g/mol. The van der Waals surface area contributed by atoms with Crippen molar-refractivity contribution in [2.45, 2.75) is 99.5 Å². The lowest BCUT2D eigenvalue weighted by molar-refractivity contribution is -0.0710. The fourth-order valence-electron chi connectivity index (χ4n) is 6.15. The summed E-state index contributed by atoms with van der Waals surface area (Å²) in [5.41, 5.74) is 2.70. The highest BCUT2D eigenvalue weighted by Crippen LogP contribution is 2.49. The summed E-state index contributed by atoms with van der Waals surface area (Å²) < 4.78 is 6.90. The molecule has 0 aliphatic rings. The molecular formula is C38H54OSi. The second kappa shape index (κ2) is 14.4. The lowest BCUT2D eigenvalue weighted by atomic mass is 9.61. The van der Waals surface area contributed by atoms with Gasteiger partial charge in [-0.05, 0) is 61.3 Å².